The maximum Gasteiger partial charge on any atom is 0.105 e. The summed E-state index contributed by atoms with van der Waals surface area (Å²) in [5, 5.41) is 12.5. The summed E-state index contributed by atoms with van der Waals surface area (Å²) < 4.78 is 0. The molecule has 2 aliphatic heterocycles. The molecular formula is C17H32N4. The van der Waals surface area contributed by atoms with Gasteiger partial charge >= 0.3 is 0 Å². The van der Waals surface area contributed by atoms with Gasteiger partial charge in [-0.25, -0.2) is 0 Å². The molecule has 0 amide bonds. The largest absolute Gasteiger partial charge is 0.303 e. The summed E-state index contributed by atoms with van der Waals surface area (Å²) in [6, 6.07) is 3.69. The molecular weight excluding hydrogens is 260 g/mol. The Kier molecular flexibility index (Phi) is 6.04. The SMILES string of the molecule is CNC(C)(C#N)CC(C)N1CCC(N2CCCCC2)CC1. The van der Waals surface area contributed by atoms with Crippen molar-refractivity contribution in [1.29, 1.82) is 5.26 Å². The fraction of sp³-hybridized carbons (Fsp3) is 0.941. The number of hydrogen-bond acceptors (Lipinski definition) is 4. The molecule has 2 fully saturated rings. The summed E-state index contributed by atoms with van der Waals surface area (Å²) in [4.78, 5) is 5.30. The van der Waals surface area contributed by atoms with Gasteiger partial charge in [0.15, 0.2) is 0 Å². The number of likely N-dealkylation sites (tertiary alicyclic amines) is 2. The van der Waals surface area contributed by atoms with Crippen LogP contribution < -0.4 is 5.32 Å². The second kappa shape index (κ2) is 7.58. The third kappa shape index (κ3) is 4.42. The van der Waals surface area contributed by atoms with Crippen molar-refractivity contribution in [1.82, 2.24) is 15.1 Å². The summed E-state index contributed by atoms with van der Waals surface area (Å²) >= 11 is 0. The number of nitriles is 1. The number of nitrogens with zero attached hydrogens (tertiary/aromatic N) is 3. The Morgan fingerprint density at radius 1 is 1.19 bits per heavy atom. The Bertz CT molecular complexity index is 350. The molecule has 4 nitrogen and oxygen atoms in total. The van der Waals surface area contributed by atoms with E-state index in [9.17, 15) is 5.26 Å². The van der Waals surface area contributed by atoms with Crippen molar-refractivity contribution in [3.8, 4) is 6.07 Å². The molecule has 0 radical (unpaired) electrons. The Morgan fingerprint density at radius 2 is 1.81 bits per heavy atom. The van der Waals surface area contributed by atoms with Gasteiger partial charge in [-0.1, -0.05) is 6.42 Å². The normalized spacial score (nSPS) is 27.0. The summed E-state index contributed by atoms with van der Waals surface area (Å²) in [5.74, 6) is 0. The monoisotopic (exact) mass is 292 g/mol. The molecule has 0 bridgehead atoms. The third-order valence-electron chi connectivity index (χ3n) is 5.53. The quantitative estimate of drug-likeness (QED) is 0.844. The highest BCUT2D eigenvalue weighted by Crippen LogP contribution is 2.24. The van der Waals surface area contributed by atoms with Crippen LogP contribution in [0.2, 0.25) is 0 Å². The zero-order valence-electron chi connectivity index (χ0n) is 14.1. The van der Waals surface area contributed by atoms with Crippen LogP contribution in [-0.2, 0) is 0 Å². The molecule has 0 aromatic carbocycles. The first-order valence-electron chi connectivity index (χ1n) is 8.66. The lowest BCUT2D eigenvalue weighted by Crippen LogP contribution is -2.51. The minimum Gasteiger partial charge on any atom is -0.303 e. The van der Waals surface area contributed by atoms with Crippen LogP contribution in [-0.4, -0.2) is 60.6 Å². The number of hydrogen-bond donors (Lipinski definition) is 1. The van der Waals surface area contributed by atoms with Gasteiger partial charge in [0.2, 0.25) is 0 Å². The van der Waals surface area contributed by atoms with E-state index in [1.807, 2.05) is 14.0 Å². The summed E-state index contributed by atoms with van der Waals surface area (Å²) in [6.07, 6.45) is 7.69. The summed E-state index contributed by atoms with van der Waals surface area (Å²) in [6.45, 7) is 9.28. The minimum atomic E-state index is -0.400. The van der Waals surface area contributed by atoms with Crippen LogP contribution in [0.15, 0.2) is 0 Å². The van der Waals surface area contributed by atoms with E-state index in [0.717, 1.165) is 12.5 Å². The molecule has 0 aliphatic carbocycles. The Hall–Kier alpha value is -0.630. The average molecular weight is 292 g/mol. The van der Waals surface area contributed by atoms with Gasteiger partial charge < -0.3 is 15.1 Å². The number of rotatable bonds is 5. The van der Waals surface area contributed by atoms with Crippen LogP contribution in [0.1, 0.15) is 52.4 Å². The Balaban J connectivity index is 1.79. The van der Waals surface area contributed by atoms with E-state index in [2.05, 4.69) is 28.1 Å². The van der Waals surface area contributed by atoms with E-state index in [1.165, 1.54) is 58.3 Å². The topological polar surface area (TPSA) is 42.3 Å². The zero-order valence-corrected chi connectivity index (χ0v) is 14.1. The first kappa shape index (κ1) is 16.7. The van der Waals surface area contributed by atoms with Gasteiger partial charge in [-0.3, -0.25) is 0 Å². The maximum atomic E-state index is 9.31. The first-order chi connectivity index (χ1) is 10.1. The standard InChI is InChI=1S/C17H32N4/c1-15(13-17(2,14-18)19-3)20-11-7-16(8-12-20)21-9-5-4-6-10-21/h15-16,19H,4-13H2,1-3H3. The predicted molar refractivity (Wildman–Crippen MR) is 87.2 cm³/mol. The molecule has 2 aliphatic rings. The van der Waals surface area contributed by atoms with E-state index in [-0.39, 0.29) is 0 Å². The van der Waals surface area contributed by atoms with E-state index in [4.69, 9.17) is 0 Å². The molecule has 0 saturated carbocycles. The molecule has 2 rings (SSSR count). The van der Waals surface area contributed by atoms with Crippen molar-refractivity contribution in [2.45, 2.75) is 70.0 Å². The zero-order chi connectivity index (χ0) is 15.3. The molecule has 21 heavy (non-hydrogen) atoms. The highest BCUT2D eigenvalue weighted by atomic mass is 15.2. The van der Waals surface area contributed by atoms with Crippen molar-refractivity contribution in [3.63, 3.8) is 0 Å². The lowest BCUT2D eigenvalue weighted by molar-refractivity contribution is 0.0696. The fourth-order valence-electron chi connectivity index (χ4n) is 3.90. The number of nitrogens with one attached hydrogen (secondary N) is 1. The van der Waals surface area contributed by atoms with Gasteiger partial charge in [0.1, 0.15) is 5.54 Å². The Morgan fingerprint density at radius 3 is 2.33 bits per heavy atom. The van der Waals surface area contributed by atoms with Crippen LogP contribution in [0.25, 0.3) is 0 Å². The van der Waals surface area contributed by atoms with Crippen LogP contribution >= 0.6 is 0 Å². The summed E-state index contributed by atoms with van der Waals surface area (Å²) in [5.41, 5.74) is -0.400. The van der Waals surface area contributed by atoms with E-state index in [1.54, 1.807) is 0 Å². The van der Waals surface area contributed by atoms with Gasteiger partial charge in [0.05, 0.1) is 6.07 Å². The van der Waals surface area contributed by atoms with E-state index < -0.39 is 5.54 Å². The summed E-state index contributed by atoms with van der Waals surface area (Å²) in [7, 11) is 1.89. The van der Waals surface area contributed by atoms with Crippen molar-refractivity contribution in [2.24, 2.45) is 0 Å². The minimum absolute atomic E-state index is 0.400. The first-order valence-corrected chi connectivity index (χ1v) is 8.66. The molecule has 4 heteroatoms. The highest BCUT2D eigenvalue weighted by molar-refractivity contribution is 5.04. The molecule has 2 atom stereocenters. The van der Waals surface area contributed by atoms with Crippen LogP contribution in [0, 0.1) is 11.3 Å². The number of piperidine rings is 2. The lowest BCUT2D eigenvalue weighted by atomic mass is 9.92. The third-order valence-corrected chi connectivity index (χ3v) is 5.53. The molecule has 2 unspecified atom stereocenters. The van der Waals surface area contributed by atoms with Gasteiger partial charge in [-0.2, -0.15) is 5.26 Å². The van der Waals surface area contributed by atoms with Crippen LogP contribution in [0.4, 0.5) is 0 Å². The van der Waals surface area contributed by atoms with Crippen molar-refractivity contribution in [3.05, 3.63) is 0 Å². The van der Waals surface area contributed by atoms with Crippen molar-refractivity contribution in [2.75, 3.05) is 33.2 Å². The fourth-order valence-corrected chi connectivity index (χ4v) is 3.90. The van der Waals surface area contributed by atoms with E-state index >= 15 is 0 Å². The molecule has 1 N–H and O–H groups in total. The van der Waals surface area contributed by atoms with Crippen LogP contribution in [0.5, 0.6) is 0 Å². The van der Waals surface area contributed by atoms with E-state index in [0.29, 0.717) is 6.04 Å². The predicted octanol–water partition coefficient (Wildman–Crippen LogP) is 2.22. The van der Waals surface area contributed by atoms with Gasteiger partial charge in [0.25, 0.3) is 0 Å². The van der Waals surface area contributed by atoms with Gasteiger partial charge in [0, 0.05) is 12.1 Å². The maximum absolute atomic E-state index is 9.31. The second-order valence-corrected chi connectivity index (χ2v) is 7.11. The lowest BCUT2D eigenvalue weighted by Gasteiger charge is -2.43. The second-order valence-electron chi connectivity index (χ2n) is 7.11. The molecule has 120 valence electrons. The smallest absolute Gasteiger partial charge is 0.105 e. The van der Waals surface area contributed by atoms with Crippen molar-refractivity contribution < 1.29 is 0 Å². The molecule has 2 heterocycles. The molecule has 0 aromatic heterocycles. The molecule has 0 aromatic rings. The average Bonchev–Trinajstić information content (AvgIpc) is 2.55. The Labute approximate surface area is 130 Å². The van der Waals surface area contributed by atoms with Crippen molar-refractivity contribution >= 4 is 0 Å². The highest BCUT2D eigenvalue weighted by Gasteiger charge is 2.31. The van der Waals surface area contributed by atoms with Gasteiger partial charge in [-0.15, -0.1) is 0 Å². The molecule has 0 spiro atoms. The molecule has 2 saturated heterocycles. The van der Waals surface area contributed by atoms with Crippen LogP contribution in [0.3, 0.4) is 0 Å². The van der Waals surface area contributed by atoms with Gasteiger partial charge in [-0.05, 0) is 79.2 Å².